The number of carbonyl (C=O) groups is 1. The first-order valence-electron chi connectivity index (χ1n) is 12.6. The molecule has 1 aliphatic rings. The van der Waals surface area contributed by atoms with Gasteiger partial charge in [0.05, 0.1) is 18.0 Å². The van der Waals surface area contributed by atoms with Gasteiger partial charge in [0, 0.05) is 29.6 Å². The van der Waals surface area contributed by atoms with Crippen LogP contribution in [0.25, 0.3) is 11.4 Å². The third-order valence-corrected chi connectivity index (χ3v) is 7.09. The highest BCUT2D eigenvalue weighted by Crippen LogP contribution is 2.38. The minimum atomic E-state index is -4.50. The fourth-order valence-electron chi connectivity index (χ4n) is 4.81. The Labute approximate surface area is 233 Å². The number of anilines is 1. The molecule has 0 atom stereocenters. The first-order valence-corrected chi connectivity index (χ1v) is 13.0. The molecular formula is C29H24ClF4N5O. The molecule has 0 spiro atoms. The van der Waals surface area contributed by atoms with Crippen LogP contribution in [0.15, 0.2) is 73.2 Å². The average Bonchev–Trinajstić information content (AvgIpc) is 2.94. The molecule has 206 valence electrons. The zero-order valence-corrected chi connectivity index (χ0v) is 21.9. The zero-order valence-electron chi connectivity index (χ0n) is 21.1. The van der Waals surface area contributed by atoms with Crippen molar-refractivity contribution in [3.05, 3.63) is 106 Å². The molecule has 11 heteroatoms. The van der Waals surface area contributed by atoms with Crippen molar-refractivity contribution in [1.82, 2.24) is 19.9 Å². The molecule has 3 heterocycles. The minimum Gasteiger partial charge on any atom is -0.322 e. The van der Waals surface area contributed by atoms with Crippen LogP contribution in [-0.4, -0.2) is 38.8 Å². The lowest BCUT2D eigenvalue weighted by atomic mass is 9.87. The van der Waals surface area contributed by atoms with Gasteiger partial charge in [-0.3, -0.25) is 9.69 Å². The summed E-state index contributed by atoms with van der Waals surface area (Å²) in [5, 5.41) is 2.91. The maximum Gasteiger partial charge on any atom is 0.416 e. The number of hydrogen-bond donors (Lipinski definition) is 1. The fourth-order valence-corrected chi connectivity index (χ4v) is 4.98. The van der Waals surface area contributed by atoms with Gasteiger partial charge in [-0.25, -0.2) is 19.3 Å². The summed E-state index contributed by atoms with van der Waals surface area (Å²) in [4.78, 5) is 26.9. The second kappa shape index (κ2) is 11.7. The molecule has 0 bridgehead atoms. The number of alkyl halides is 3. The number of carbonyl (C=O) groups excluding carboxylic acids is 1. The third kappa shape index (κ3) is 6.63. The Kier molecular flexibility index (Phi) is 8.09. The highest BCUT2D eigenvalue weighted by Gasteiger charge is 2.33. The van der Waals surface area contributed by atoms with Crippen molar-refractivity contribution in [2.45, 2.75) is 31.5 Å². The summed E-state index contributed by atoms with van der Waals surface area (Å²) in [5.74, 6) is -0.697. The molecule has 2 aromatic carbocycles. The summed E-state index contributed by atoms with van der Waals surface area (Å²) in [7, 11) is 0. The summed E-state index contributed by atoms with van der Waals surface area (Å²) < 4.78 is 53.8. The first kappa shape index (κ1) is 27.7. The van der Waals surface area contributed by atoms with Crippen LogP contribution in [0.3, 0.4) is 0 Å². The Bertz CT molecular complexity index is 1490. The number of likely N-dealkylation sites (tertiary alicyclic amines) is 1. The van der Waals surface area contributed by atoms with Crippen LogP contribution in [0.5, 0.6) is 0 Å². The first-order chi connectivity index (χ1) is 19.2. The van der Waals surface area contributed by atoms with Crippen molar-refractivity contribution in [1.29, 1.82) is 0 Å². The van der Waals surface area contributed by atoms with Crippen LogP contribution < -0.4 is 5.32 Å². The molecule has 0 radical (unpaired) electrons. The lowest BCUT2D eigenvalue weighted by molar-refractivity contribution is -0.137. The zero-order chi connectivity index (χ0) is 28.3. The second-order valence-corrected chi connectivity index (χ2v) is 9.98. The van der Waals surface area contributed by atoms with Crippen molar-refractivity contribution in [2.24, 2.45) is 0 Å². The quantitative estimate of drug-likeness (QED) is 0.200. The number of aromatic nitrogens is 3. The summed E-state index contributed by atoms with van der Waals surface area (Å²) in [5.41, 5.74) is 2.16. The van der Waals surface area contributed by atoms with Gasteiger partial charge in [-0.1, -0.05) is 35.9 Å². The van der Waals surface area contributed by atoms with Gasteiger partial charge in [-0.05, 0) is 73.3 Å². The SMILES string of the molecule is O=C(Nc1ccc(C(F)(F)F)cc1C1CCN(Cc2ccc(-c3ncc(F)cn3)cc2)CC1)c1ccnc(Cl)c1. The van der Waals surface area contributed by atoms with Crippen LogP contribution in [0.4, 0.5) is 23.2 Å². The largest absolute Gasteiger partial charge is 0.416 e. The number of rotatable bonds is 6. The molecular weight excluding hydrogens is 546 g/mol. The molecule has 4 aromatic rings. The molecule has 1 fully saturated rings. The summed E-state index contributed by atoms with van der Waals surface area (Å²) in [6.45, 7) is 2.03. The van der Waals surface area contributed by atoms with E-state index in [2.05, 4.69) is 25.2 Å². The molecule has 6 nitrogen and oxygen atoms in total. The predicted molar refractivity (Wildman–Crippen MR) is 143 cm³/mol. The van der Waals surface area contributed by atoms with E-state index < -0.39 is 23.5 Å². The number of piperidine rings is 1. The van der Waals surface area contributed by atoms with Gasteiger partial charge in [0.2, 0.25) is 0 Å². The molecule has 1 amide bonds. The molecule has 1 N–H and O–H groups in total. The van der Waals surface area contributed by atoms with E-state index in [0.717, 1.165) is 35.7 Å². The number of benzene rings is 2. The normalized spacial score (nSPS) is 14.7. The predicted octanol–water partition coefficient (Wildman–Crippen LogP) is 6.98. The van der Waals surface area contributed by atoms with E-state index in [1.54, 1.807) is 0 Å². The van der Waals surface area contributed by atoms with Gasteiger partial charge in [-0.15, -0.1) is 0 Å². The number of nitrogens with zero attached hydrogens (tertiary/aromatic N) is 4. The van der Waals surface area contributed by atoms with Crippen LogP contribution in [0.1, 0.15) is 45.8 Å². The molecule has 1 aliphatic heterocycles. The van der Waals surface area contributed by atoms with Crippen molar-refractivity contribution >= 4 is 23.2 Å². The Balaban J connectivity index is 1.27. The van der Waals surface area contributed by atoms with Crippen LogP contribution in [0.2, 0.25) is 5.15 Å². The van der Waals surface area contributed by atoms with Gasteiger partial charge in [0.1, 0.15) is 5.15 Å². The highest BCUT2D eigenvalue weighted by atomic mass is 35.5. The fraction of sp³-hybridized carbons (Fsp3) is 0.241. The van der Waals surface area contributed by atoms with Crippen molar-refractivity contribution in [2.75, 3.05) is 18.4 Å². The summed E-state index contributed by atoms with van der Waals surface area (Å²) >= 11 is 5.89. The topological polar surface area (TPSA) is 71.0 Å². The lowest BCUT2D eigenvalue weighted by Crippen LogP contribution is -2.32. The monoisotopic (exact) mass is 569 g/mol. The van der Waals surface area contributed by atoms with Crippen molar-refractivity contribution < 1.29 is 22.4 Å². The Hall–Kier alpha value is -3.89. The number of amides is 1. The van der Waals surface area contributed by atoms with Gasteiger partial charge in [0.15, 0.2) is 11.6 Å². The molecule has 0 unspecified atom stereocenters. The van der Waals surface area contributed by atoms with Gasteiger partial charge in [-0.2, -0.15) is 13.2 Å². The van der Waals surface area contributed by atoms with Gasteiger partial charge < -0.3 is 5.32 Å². The minimum absolute atomic E-state index is 0.145. The Morgan fingerprint density at radius 3 is 2.33 bits per heavy atom. The maximum atomic E-state index is 13.6. The van der Waals surface area contributed by atoms with Gasteiger partial charge in [0.25, 0.3) is 5.91 Å². The van der Waals surface area contributed by atoms with Crippen molar-refractivity contribution in [3.63, 3.8) is 0 Å². The second-order valence-electron chi connectivity index (χ2n) is 9.59. The Morgan fingerprint density at radius 2 is 1.68 bits per heavy atom. The smallest absolute Gasteiger partial charge is 0.322 e. The standard InChI is InChI=1S/C29H24ClF4N5O/c30-26-13-21(7-10-35-26)28(40)38-25-6-5-22(29(32,33)34)14-24(25)19-8-11-39(12-9-19)17-18-1-3-20(4-2-18)27-36-15-23(31)16-37-27/h1-7,10,13-16,19H,8-9,11-12,17H2,(H,38,40). The van der Waals surface area contributed by atoms with E-state index in [-0.39, 0.29) is 16.6 Å². The van der Waals surface area contributed by atoms with Gasteiger partial charge >= 0.3 is 6.18 Å². The number of pyridine rings is 1. The average molecular weight is 570 g/mol. The number of halogens is 5. The molecule has 2 aromatic heterocycles. The van der Waals surface area contributed by atoms with E-state index in [1.807, 2.05) is 24.3 Å². The van der Waals surface area contributed by atoms with Crippen LogP contribution in [-0.2, 0) is 12.7 Å². The molecule has 0 saturated carbocycles. The van der Waals surface area contributed by atoms with E-state index in [0.29, 0.717) is 49.6 Å². The lowest BCUT2D eigenvalue weighted by Gasteiger charge is -2.33. The van der Waals surface area contributed by atoms with Crippen LogP contribution in [0, 0.1) is 5.82 Å². The highest BCUT2D eigenvalue weighted by molar-refractivity contribution is 6.29. The number of nitrogens with one attached hydrogen (secondary N) is 1. The third-order valence-electron chi connectivity index (χ3n) is 6.88. The Morgan fingerprint density at radius 1 is 0.975 bits per heavy atom. The van der Waals surface area contributed by atoms with Crippen LogP contribution >= 0.6 is 11.6 Å². The summed E-state index contributed by atoms with van der Waals surface area (Å²) in [6, 6.07) is 14.0. The van der Waals surface area contributed by atoms with Crippen molar-refractivity contribution in [3.8, 4) is 11.4 Å². The van der Waals surface area contributed by atoms with E-state index in [9.17, 15) is 22.4 Å². The summed E-state index contributed by atoms with van der Waals surface area (Å²) in [6.07, 6.45) is 0.402. The van der Waals surface area contributed by atoms with E-state index in [4.69, 9.17) is 11.6 Å². The molecule has 0 aliphatic carbocycles. The molecule has 40 heavy (non-hydrogen) atoms. The molecule has 1 saturated heterocycles. The van der Waals surface area contributed by atoms with E-state index >= 15 is 0 Å². The van der Waals surface area contributed by atoms with E-state index in [1.165, 1.54) is 24.4 Å². The molecule has 5 rings (SSSR count). The maximum absolute atomic E-state index is 13.6. The number of hydrogen-bond acceptors (Lipinski definition) is 5.